The van der Waals surface area contributed by atoms with Crippen molar-refractivity contribution >= 4 is 28.2 Å². The SMILES string of the molecule is Fc1ccc(Nc2nc(-c3ccnc(N4CCCCC4)c3)nc3ccccc23)cc1F. The van der Waals surface area contributed by atoms with Crippen LogP contribution in [-0.4, -0.2) is 28.0 Å². The number of piperidine rings is 1. The second kappa shape index (κ2) is 8.26. The molecule has 31 heavy (non-hydrogen) atoms. The number of anilines is 3. The van der Waals surface area contributed by atoms with E-state index >= 15 is 0 Å². The molecule has 0 spiro atoms. The van der Waals surface area contributed by atoms with Gasteiger partial charge in [-0.25, -0.2) is 23.7 Å². The quantitative estimate of drug-likeness (QED) is 0.461. The number of pyridine rings is 1. The lowest BCUT2D eigenvalue weighted by molar-refractivity contribution is 0.509. The molecule has 1 aliphatic heterocycles. The summed E-state index contributed by atoms with van der Waals surface area (Å²) < 4.78 is 27.0. The Morgan fingerprint density at radius 1 is 0.839 bits per heavy atom. The third-order valence-electron chi connectivity index (χ3n) is 5.47. The maximum absolute atomic E-state index is 13.7. The molecule has 1 aliphatic rings. The predicted molar refractivity (Wildman–Crippen MR) is 118 cm³/mol. The molecule has 1 saturated heterocycles. The molecule has 156 valence electrons. The molecule has 0 radical (unpaired) electrons. The van der Waals surface area contributed by atoms with Gasteiger partial charge in [0.15, 0.2) is 17.5 Å². The van der Waals surface area contributed by atoms with Gasteiger partial charge in [0.25, 0.3) is 0 Å². The van der Waals surface area contributed by atoms with Crippen molar-refractivity contribution in [3.63, 3.8) is 0 Å². The normalized spacial score (nSPS) is 14.1. The molecule has 0 unspecified atom stereocenters. The fraction of sp³-hybridized carbons (Fsp3) is 0.208. The standard InChI is InChI=1S/C24H21F2N5/c25-19-9-8-17(15-20(19)26)28-24-18-6-2-3-7-21(18)29-23(30-24)16-10-11-27-22(14-16)31-12-4-1-5-13-31/h2-3,6-11,14-15H,1,4-5,12-13H2,(H,28,29,30). The average Bonchev–Trinajstić information content (AvgIpc) is 2.82. The van der Waals surface area contributed by atoms with Crippen LogP contribution in [0.4, 0.5) is 26.1 Å². The van der Waals surface area contributed by atoms with E-state index < -0.39 is 11.6 Å². The van der Waals surface area contributed by atoms with Crippen LogP contribution in [0.2, 0.25) is 0 Å². The lowest BCUT2D eigenvalue weighted by Crippen LogP contribution is -2.30. The van der Waals surface area contributed by atoms with Crippen LogP contribution in [0.3, 0.4) is 0 Å². The topological polar surface area (TPSA) is 53.9 Å². The van der Waals surface area contributed by atoms with E-state index in [-0.39, 0.29) is 0 Å². The van der Waals surface area contributed by atoms with E-state index in [0.717, 1.165) is 47.5 Å². The Hall–Kier alpha value is -3.61. The number of nitrogens with zero attached hydrogens (tertiary/aromatic N) is 4. The van der Waals surface area contributed by atoms with Crippen LogP contribution in [-0.2, 0) is 0 Å². The molecule has 1 N–H and O–H groups in total. The molecular weight excluding hydrogens is 396 g/mol. The minimum atomic E-state index is -0.913. The van der Waals surface area contributed by atoms with E-state index in [9.17, 15) is 8.78 Å². The van der Waals surface area contributed by atoms with Crippen molar-refractivity contribution in [1.29, 1.82) is 0 Å². The highest BCUT2D eigenvalue weighted by atomic mass is 19.2. The first-order valence-corrected chi connectivity index (χ1v) is 10.4. The molecule has 5 rings (SSSR count). The van der Waals surface area contributed by atoms with Crippen molar-refractivity contribution in [1.82, 2.24) is 15.0 Å². The molecule has 2 aromatic heterocycles. The molecule has 0 amide bonds. The number of nitrogens with one attached hydrogen (secondary N) is 1. The number of rotatable bonds is 4. The zero-order chi connectivity index (χ0) is 21.2. The molecule has 0 bridgehead atoms. The van der Waals surface area contributed by atoms with Gasteiger partial charge in [0.2, 0.25) is 0 Å². The van der Waals surface area contributed by atoms with Gasteiger partial charge in [0.1, 0.15) is 11.6 Å². The van der Waals surface area contributed by atoms with Crippen molar-refractivity contribution in [3.05, 3.63) is 72.4 Å². The van der Waals surface area contributed by atoms with Crippen LogP contribution in [0.1, 0.15) is 19.3 Å². The van der Waals surface area contributed by atoms with Gasteiger partial charge in [-0.3, -0.25) is 0 Å². The van der Waals surface area contributed by atoms with E-state index in [2.05, 4.69) is 15.2 Å². The number of benzene rings is 2. The maximum Gasteiger partial charge on any atom is 0.162 e. The highest BCUT2D eigenvalue weighted by Gasteiger charge is 2.15. The second-order valence-electron chi connectivity index (χ2n) is 7.62. The summed E-state index contributed by atoms with van der Waals surface area (Å²) in [5.74, 6) is 0.196. The number of para-hydroxylation sites is 1. The monoisotopic (exact) mass is 417 g/mol. The van der Waals surface area contributed by atoms with Crippen LogP contribution in [0.5, 0.6) is 0 Å². The zero-order valence-corrected chi connectivity index (χ0v) is 16.9. The van der Waals surface area contributed by atoms with E-state index in [1.807, 2.05) is 36.4 Å². The van der Waals surface area contributed by atoms with E-state index in [0.29, 0.717) is 17.3 Å². The molecule has 0 aliphatic carbocycles. The van der Waals surface area contributed by atoms with E-state index in [4.69, 9.17) is 9.97 Å². The molecule has 0 saturated carbocycles. The van der Waals surface area contributed by atoms with E-state index in [1.54, 1.807) is 6.20 Å². The van der Waals surface area contributed by atoms with Crippen LogP contribution in [0.25, 0.3) is 22.3 Å². The summed E-state index contributed by atoms with van der Waals surface area (Å²) in [6.07, 6.45) is 5.37. The minimum absolute atomic E-state index is 0.414. The van der Waals surface area contributed by atoms with Gasteiger partial charge in [-0.2, -0.15) is 0 Å². The molecule has 5 nitrogen and oxygen atoms in total. The van der Waals surface area contributed by atoms with Gasteiger partial charge in [-0.05, 0) is 55.7 Å². The van der Waals surface area contributed by atoms with Crippen molar-refractivity contribution < 1.29 is 8.78 Å². The van der Waals surface area contributed by atoms with Gasteiger partial charge < -0.3 is 10.2 Å². The lowest BCUT2D eigenvalue weighted by atomic mass is 10.1. The third-order valence-corrected chi connectivity index (χ3v) is 5.47. The summed E-state index contributed by atoms with van der Waals surface area (Å²) in [5.41, 5.74) is 2.03. The highest BCUT2D eigenvalue weighted by molar-refractivity contribution is 5.92. The Bertz CT molecular complexity index is 1240. The number of halogens is 2. The van der Waals surface area contributed by atoms with Gasteiger partial charge in [0, 0.05) is 42.0 Å². The van der Waals surface area contributed by atoms with Gasteiger partial charge in [-0.15, -0.1) is 0 Å². The molecule has 0 atom stereocenters. The van der Waals surface area contributed by atoms with Crippen LogP contribution in [0.15, 0.2) is 60.8 Å². The van der Waals surface area contributed by atoms with Crippen molar-refractivity contribution in [2.45, 2.75) is 19.3 Å². The number of fused-ring (bicyclic) bond motifs is 1. The first-order chi connectivity index (χ1) is 15.2. The molecule has 7 heteroatoms. The fourth-order valence-corrected chi connectivity index (χ4v) is 3.87. The summed E-state index contributed by atoms with van der Waals surface area (Å²) in [6.45, 7) is 2.00. The van der Waals surface area contributed by atoms with Crippen molar-refractivity contribution in [2.75, 3.05) is 23.3 Å². The van der Waals surface area contributed by atoms with Gasteiger partial charge in [0.05, 0.1) is 5.52 Å². The Morgan fingerprint density at radius 2 is 1.68 bits per heavy atom. The van der Waals surface area contributed by atoms with Crippen LogP contribution >= 0.6 is 0 Å². The first-order valence-electron chi connectivity index (χ1n) is 10.4. The Balaban J connectivity index is 1.56. The molecule has 2 aromatic carbocycles. The highest BCUT2D eigenvalue weighted by Crippen LogP contribution is 2.29. The maximum atomic E-state index is 13.7. The molecular formula is C24H21F2N5. The minimum Gasteiger partial charge on any atom is -0.357 e. The molecule has 1 fully saturated rings. The van der Waals surface area contributed by atoms with Crippen molar-refractivity contribution in [3.8, 4) is 11.4 Å². The lowest BCUT2D eigenvalue weighted by Gasteiger charge is -2.27. The Morgan fingerprint density at radius 3 is 2.52 bits per heavy atom. The average molecular weight is 417 g/mol. The Kier molecular flexibility index (Phi) is 5.16. The summed E-state index contributed by atoms with van der Waals surface area (Å²) >= 11 is 0. The summed E-state index contributed by atoms with van der Waals surface area (Å²) in [4.78, 5) is 16.3. The van der Waals surface area contributed by atoms with Gasteiger partial charge in [-0.1, -0.05) is 12.1 Å². The Labute approximate surface area is 178 Å². The predicted octanol–water partition coefficient (Wildman–Crippen LogP) is 5.70. The first kappa shape index (κ1) is 19.4. The summed E-state index contributed by atoms with van der Waals surface area (Å²) in [7, 11) is 0. The number of aromatic nitrogens is 3. The molecule has 3 heterocycles. The van der Waals surface area contributed by atoms with Crippen molar-refractivity contribution in [2.24, 2.45) is 0 Å². The third kappa shape index (κ3) is 4.03. The largest absolute Gasteiger partial charge is 0.357 e. The number of hydrogen-bond acceptors (Lipinski definition) is 5. The smallest absolute Gasteiger partial charge is 0.162 e. The van der Waals surface area contributed by atoms with Crippen LogP contribution in [0, 0.1) is 11.6 Å². The van der Waals surface area contributed by atoms with Crippen LogP contribution < -0.4 is 10.2 Å². The number of hydrogen-bond donors (Lipinski definition) is 1. The fourth-order valence-electron chi connectivity index (χ4n) is 3.87. The second-order valence-corrected chi connectivity index (χ2v) is 7.62. The summed E-state index contributed by atoms with van der Waals surface area (Å²) in [6, 6.07) is 15.2. The summed E-state index contributed by atoms with van der Waals surface area (Å²) in [5, 5.41) is 3.91. The van der Waals surface area contributed by atoms with Gasteiger partial charge >= 0.3 is 0 Å². The van der Waals surface area contributed by atoms with E-state index in [1.165, 1.54) is 25.3 Å². The zero-order valence-electron chi connectivity index (χ0n) is 16.9. The molecule has 4 aromatic rings.